The van der Waals surface area contributed by atoms with Gasteiger partial charge in [0.05, 0.1) is 5.56 Å². The van der Waals surface area contributed by atoms with Gasteiger partial charge >= 0.3 is 5.97 Å². The Bertz CT molecular complexity index is 948. The number of aromatic carboxylic acids is 1. The van der Waals surface area contributed by atoms with Crippen molar-refractivity contribution in [3.63, 3.8) is 0 Å². The number of aromatic nitrogens is 4. The Kier molecular flexibility index (Phi) is 7.11. The summed E-state index contributed by atoms with van der Waals surface area (Å²) in [5.41, 5.74) is 2.73. The SMILES string of the molecule is CCCCc1nc(CCC)n(CCc2ccc(-c3ccccc3C(=O)O)cn2)n1. The smallest absolute Gasteiger partial charge is 0.336 e. The Morgan fingerprint density at radius 1 is 1.03 bits per heavy atom. The molecular weight excluding hydrogens is 364 g/mol. The predicted octanol–water partition coefficient (Wildman–Crippen LogP) is 4.58. The summed E-state index contributed by atoms with van der Waals surface area (Å²) in [7, 11) is 0. The van der Waals surface area contributed by atoms with Crippen molar-refractivity contribution < 1.29 is 9.90 Å². The number of hydrogen-bond donors (Lipinski definition) is 1. The van der Waals surface area contributed by atoms with E-state index in [0.717, 1.165) is 68.0 Å². The fourth-order valence-corrected chi connectivity index (χ4v) is 3.33. The number of nitrogens with zero attached hydrogens (tertiary/aromatic N) is 4. The molecule has 1 N–H and O–H groups in total. The van der Waals surface area contributed by atoms with E-state index < -0.39 is 5.97 Å². The number of aryl methyl sites for hydroxylation is 4. The molecule has 6 heteroatoms. The van der Waals surface area contributed by atoms with E-state index in [0.29, 0.717) is 5.56 Å². The van der Waals surface area contributed by atoms with Crippen LogP contribution in [0.4, 0.5) is 0 Å². The second-order valence-corrected chi connectivity index (χ2v) is 7.16. The van der Waals surface area contributed by atoms with Gasteiger partial charge in [0, 0.05) is 43.3 Å². The molecule has 0 atom stereocenters. The molecule has 0 unspecified atom stereocenters. The zero-order valence-corrected chi connectivity index (χ0v) is 17.1. The van der Waals surface area contributed by atoms with E-state index in [-0.39, 0.29) is 5.56 Å². The van der Waals surface area contributed by atoms with Crippen LogP contribution in [0.2, 0.25) is 0 Å². The first kappa shape index (κ1) is 20.7. The number of hydrogen-bond acceptors (Lipinski definition) is 4. The third kappa shape index (κ3) is 5.28. The Balaban J connectivity index is 1.71. The summed E-state index contributed by atoms with van der Waals surface area (Å²) < 4.78 is 2.02. The van der Waals surface area contributed by atoms with Crippen LogP contribution < -0.4 is 0 Å². The maximum absolute atomic E-state index is 11.4. The van der Waals surface area contributed by atoms with Gasteiger partial charge in [-0.1, -0.05) is 44.5 Å². The molecule has 0 radical (unpaired) electrons. The summed E-state index contributed by atoms with van der Waals surface area (Å²) in [5.74, 6) is 1.05. The zero-order chi connectivity index (χ0) is 20.6. The molecule has 1 aromatic carbocycles. The van der Waals surface area contributed by atoms with Crippen molar-refractivity contribution in [1.29, 1.82) is 0 Å². The number of carbonyl (C=O) groups is 1. The highest BCUT2D eigenvalue weighted by Gasteiger charge is 2.12. The molecule has 0 aliphatic rings. The van der Waals surface area contributed by atoms with Crippen molar-refractivity contribution in [3.05, 3.63) is 65.5 Å². The predicted molar refractivity (Wildman–Crippen MR) is 113 cm³/mol. The van der Waals surface area contributed by atoms with Crippen LogP contribution >= 0.6 is 0 Å². The molecular formula is C23H28N4O2. The van der Waals surface area contributed by atoms with Gasteiger partial charge in [0.1, 0.15) is 5.82 Å². The summed E-state index contributed by atoms with van der Waals surface area (Å²) in [6.45, 7) is 5.07. The van der Waals surface area contributed by atoms with Crippen molar-refractivity contribution in [3.8, 4) is 11.1 Å². The Morgan fingerprint density at radius 2 is 1.86 bits per heavy atom. The van der Waals surface area contributed by atoms with E-state index in [9.17, 15) is 9.90 Å². The second-order valence-electron chi connectivity index (χ2n) is 7.16. The van der Waals surface area contributed by atoms with Crippen molar-refractivity contribution in [2.75, 3.05) is 0 Å². The molecule has 3 rings (SSSR count). The Morgan fingerprint density at radius 3 is 2.55 bits per heavy atom. The second kappa shape index (κ2) is 9.96. The number of carboxylic acid groups (broad SMARTS) is 1. The molecule has 0 aliphatic heterocycles. The van der Waals surface area contributed by atoms with Gasteiger partial charge in [-0.15, -0.1) is 0 Å². The van der Waals surface area contributed by atoms with Crippen LogP contribution in [0.5, 0.6) is 0 Å². The lowest BCUT2D eigenvalue weighted by atomic mass is 10.0. The molecule has 6 nitrogen and oxygen atoms in total. The fraction of sp³-hybridized carbons (Fsp3) is 0.391. The lowest BCUT2D eigenvalue weighted by Crippen LogP contribution is -2.09. The highest BCUT2D eigenvalue weighted by atomic mass is 16.4. The van der Waals surface area contributed by atoms with Crippen LogP contribution in [0, 0.1) is 0 Å². The van der Waals surface area contributed by atoms with E-state index in [1.165, 1.54) is 0 Å². The van der Waals surface area contributed by atoms with E-state index in [1.54, 1.807) is 18.3 Å². The summed E-state index contributed by atoms with van der Waals surface area (Å²) in [6, 6.07) is 10.9. The molecule has 0 saturated heterocycles. The molecule has 0 amide bonds. The maximum Gasteiger partial charge on any atom is 0.336 e. The lowest BCUT2D eigenvalue weighted by molar-refractivity contribution is 0.0697. The molecule has 0 fully saturated rings. The van der Waals surface area contributed by atoms with Gasteiger partial charge in [0.15, 0.2) is 5.82 Å². The minimum Gasteiger partial charge on any atom is -0.478 e. The molecule has 2 heterocycles. The summed E-state index contributed by atoms with van der Waals surface area (Å²) >= 11 is 0. The van der Waals surface area contributed by atoms with Crippen LogP contribution in [0.15, 0.2) is 42.6 Å². The van der Waals surface area contributed by atoms with Crippen LogP contribution in [0.1, 0.15) is 60.8 Å². The quantitative estimate of drug-likeness (QED) is 0.546. The van der Waals surface area contributed by atoms with Crippen molar-refractivity contribution in [2.45, 2.75) is 58.9 Å². The van der Waals surface area contributed by atoms with Crippen LogP contribution in [0.25, 0.3) is 11.1 Å². The van der Waals surface area contributed by atoms with Gasteiger partial charge in [-0.25, -0.2) is 14.5 Å². The highest BCUT2D eigenvalue weighted by Crippen LogP contribution is 2.23. The van der Waals surface area contributed by atoms with E-state index in [2.05, 4.69) is 18.8 Å². The van der Waals surface area contributed by atoms with Crippen molar-refractivity contribution >= 4 is 5.97 Å². The number of carboxylic acids is 1. The van der Waals surface area contributed by atoms with Gasteiger partial charge in [0.2, 0.25) is 0 Å². The monoisotopic (exact) mass is 392 g/mol. The Hall–Kier alpha value is -3.02. The third-order valence-electron chi connectivity index (χ3n) is 4.89. The van der Waals surface area contributed by atoms with Crippen LogP contribution in [0.3, 0.4) is 0 Å². The zero-order valence-electron chi connectivity index (χ0n) is 17.1. The normalized spacial score (nSPS) is 11.0. The summed E-state index contributed by atoms with van der Waals surface area (Å²) in [4.78, 5) is 20.7. The van der Waals surface area contributed by atoms with Gasteiger partial charge in [-0.2, -0.15) is 5.10 Å². The average molecular weight is 393 g/mol. The first-order valence-electron chi connectivity index (χ1n) is 10.3. The van der Waals surface area contributed by atoms with Gasteiger partial charge < -0.3 is 5.11 Å². The van der Waals surface area contributed by atoms with E-state index >= 15 is 0 Å². The molecule has 3 aromatic rings. The molecule has 0 spiro atoms. The van der Waals surface area contributed by atoms with Crippen molar-refractivity contribution in [1.82, 2.24) is 19.7 Å². The molecule has 0 bridgehead atoms. The minimum absolute atomic E-state index is 0.286. The molecule has 152 valence electrons. The first-order valence-corrected chi connectivity index (χ1v) is 10.3. The summed E-state index contributed by atoms with van der Waals surface area (Å²) in [6.07, 6.45) is 7.65. The van der Waals surface area contributed by atoms with E-state index in [1.807, 2.05) is 28.9 Å². The Labute approximate surface area is 171 Å². The topological polar surface area (TPSA) is 80.9 Å². The fourth-order valence-electron chi connectivity index (χ4n) is 3.33. The lowest BCUT2D eigenvalue weighted by Gasteiger charge is -2.08. The minimum atomic E-state index is -0.932. The molecule has 29 heavy (non-hydrogen) atoms. The average Bonchev–Trinajstić information content (AvgIpc) is 3.13. The van der Waals surface area contributed by atoms with Gasteiger partial charge in [0.25, 0.3) is 0 Å². The number of unbranched alkanes of at least 4 members (excludes halogenated alkanes) is 1. The van der Waals surface area contributed by atoms with Crippen molar-refractivity contribution in [2.24, 2.45) is 0 Å². The number of pyridine rings is 1. The largest absolute Gasteiger partial charge is 0.478 e. The standard InChI is InChI=1S/C23H28N4O2/c1-3-5-11-21-25-22(8-4-2)27(26-21)15-14-18-13-12-17(16-24-18)19-9-6-7-10-20(19)23(28)29/h6-7,9-10,12-13,16H,3-5,8,11,14-15H2,1-2H3,(H,28,29). The molecule has 0 aliphatic carbocycles. The van der Waals surface area contributed by atoms with Gasteiger partial charge in [-0.3, -0.25) is 4.98 Å². The number of benzene rings is 1. The third-order valence-corrected chi connectivity index (χ3v) is 4.89. The van der Waals surface area contributed by atoms with Crippen LogP contribution in [-0.2, 0) is 25.8 Å². The molecule has 2 aromatic heterocycles. The first-order chi connectivity index (χ1) is 14.1. The highest BCUT2D eigenvalue weighted by molar-refractivity contribution is 5.95. The maximum atomic E-state index is 11.4. The van der Waals surface area contributed by atoms with E-state index in [4.69, 9.17) is 10.1 Å². The molecule has 0 saturated carbocycles. The van der Waals surface area contributed by atoms with Crippen LogP contribution in [-0.4, -0.2) is 30.8 Å². The van der Waals surface area contributed by atoms with Gasteiger partial charge in [-0.05, 0) is 30.5 Å². The summed E-state index contributed by atoms with van der Waals surface area (Å²) in [5, 5.41) is 14.1. The number of rotatable bonds is 10.